The van der Waals surface area contributed by atoms with Gasteiger partial charge in [0.05, 0.1) is 5.54 Å². The predicted octanol–water partition coefficient (Wildman–Crippen LogP) is 2.16. The first kappa shape index (κ1) is 8.42. The third kappa shape index (κ3) is 1.24. The van der Waals surface area contributed by atoms with Gasteiger partial charge in [0.1, 0.15) is 0 Å². The summed E-state index contributed by atoms with van der Waals surface area (Å²) in [6.45, 7) is 2.04. The van der Waals surface area contributed by atoms with Crippen LogP contribution < -0.4 is 5.73 Å². The normalized spacial score (nSPS) is 41.0. The van der Waals surface area contributed by atoms with Crippen LogP contribution in [0.4, 0.5) is 8.78 Å². The SMILES string of the molecule is CC(CC1(N)CC1(F)F)C1CC1. The second-order valence-corrected chi connectivity index (χ2v) is 4.56. The molecule has 0 aromatic carbocycles. The number of hydrogen-bond donors (Lipinski definition) is 1. The van der Waals surface area contributed by atoms with E-state index in [1.165, 1.54) is 12.8 Å². The van der Waals surface area contributed by atoms with Gasteiger partial charge >= 0.3 is 0 Å². The molecule has 0 bridgehead atoms. The zero-order valence-electron chi connectivity index (χ0n) is 7.32. The maximum absolute atomic E-state index is 12.7. The maximum Gasteiger partial charge on any atom is 0.267 e. The van der Waals surface area contributed by atoms with Gasteiger partial charge in [0.2, 0.25) is 0 Å². The summed E-state index contributed by atoms with van der Waals surface area (Å²) in [5.74, 6) is -1.50. The fourth-order valence-electron chi connectivity index (χ4n) is 1.98. The molecule has 0 spiro atoms. The van der Waals surface area contributed by atoms with Crippen LogP contribution in [0, 0.1) is 11.8 Å². The molecule has 0 aromatic heterocycles. The van der Waals surface area contributed by atoms with Crippen molar-refractivity contribution in [2.24, 2.45) is 17.6 Å². The van der Waals surface area contributed by atoms with E-state index >= 15 is 0 Å². The first-order valence-corrected chi connectivity index (χ1v) is 4.61. The highest BCUT2D eigenvalue weighted by molar-refractivity contribution is 5.16. The average molecular weight is 175 g/mol. The van der Waals surface area contributed by atoms with Gasteiger partial charge in [-0.2, -0.15) is 0 Å². The highest BCUT2D eigenvalue weighted by atomic mass is 19.3. The number of hydrogen-bond acceptors (Lipinski definition) is 1. The Hall–Kier alpha value is -0.180. The van der Waals surface area contributed by atoms with Gasteiger partial charge in [-0.3, -0.25) is 0 Å². The van der Waals surface area contributed by atoms with Crippen LogP contribution in [0.5, 0.6) is 0 Å². The standard InChI is InChI=1S/C9H15F2N/c1-6(7-2-3-7)4-8(12)5-9(8,10)11/h6-7H,2-5,12H2,1H3. The van der Waals surface area contributed by atoms with Crippen molar-refractivity contribution in [3.8, 4) is 0 Å². The van der Waals surface area contributed by atoms with Crippen molar-refractivity contribution in [2.45, 2.75) is 44.1 Å². The number of alkyl halides is 2. The Morgan fingerprint density at radius 2 is 2.00 bits per heavy atom. The van der Waals surface area contributed by atoms with E-state index < -0.39 is 11.5 Å². The van der Waals surface area contributed by atoms with E-state index in [1.807, 2.05) is 6.92 Å². The molecule has 0 radical (unpaired) electrons. The molecule has 0 amide bonds. The van der Waals surface area contributed by atoms with Gasteiger partial charge in [-0.15, -0.1) is 0 Å². The molecular weight excluding hydrogens is 160 g/mol. The summed E-state index contributed by atoms with van der Waals surface area (Å²) in [4.78, 5) is 0. The molecule has 2 unspecified atom stereocenters. The van der Waals surface area contributed by atoms with Crippen molar-refractivity contribution in [1.29, 1.82) is 0 Å². The summed E-state index contributed by atoms with van der Waals surface area (Å²) in [5.41, 5.74) is 4.40. The summed E-state index contributed by atoms with van der Waals surface area (Å²) in [7, 11) is 0. The van der Waals surface area contributed by atoms with Crippen molar-refractivity contribution in [1.82, 2.24) is 0 Å². The van der Waals surface area contributed by atoms with Gasteiger partial charge in [0, 0.05) is 6.42 Å². The lowest BCUT2D eigenvalue weighted by atomic mass is 9.96. The minimum atomic E-state index is -2.57. The van der Waals surface area contributed by atoms with E-state index in [2.05, 4.69) is 0 Å². The Morgan fingerprint density at radius 1 is 1.50 bits per heavy atom. The van der Waals surface area contributed by atoms with E-state index in [1.54, 1.807) is 0 Å². The van der Waals surface area contributed by atoms with Crippen molar-refractivity contribution in [3.05, 3.63) is 0 Å². The molecular formula is C9H15F2N. The lowest BCUT2D eigenvalue weighted by molar-refractivity contribution is 0.0820. The van der Waals surface area contributed by atoms with Crippen LogP contribution >= 0.6 is 0 Å². The fourth-order valence-corrected chi connectivity index (χ4v) is 1.98. The van der Waals surface area contributed by atoms with E-state index in [9.17, 15) is 8.78 Å². The molecule has 2 aliphatic carbocycles. The molecule has 2 N–H and O–H groups in total. The van der Waals surface area contributed by atoms with Gasteiger partial charge in [-0.1, -0.05) is 6.92 Å². The topological polar surface area (TPSA) is 26.0 Å². The van der Waals surface area contributed by atoms with E-state index in [-0.39, 0.29) is 6.42 Å². The van der Waals surface area contributed by atoms with Crippen molar-refractivity contribution < 1.29 is 8.78 Å². The smallest absolute Gasteiger partial charge is 0.267 e. The Morgan fingerprint density at radius 3 is 2.33 bits per heavy atom. The molecule has 70 valence electrons. The highest BCUT2D eigenvalue weighted by Crippen LogP contribution is 2.56. The molecule has 1 nitrogen and oxygen atoms in total. The fraction of sp³-hybridized carbons (Fsp3) is 1.00. The largest absolute Gasteiger partial charge is 0.320 e. The van der Waals surface area contributed by atoms with E-state index in [4.69, 9.17) is 5.73 Å². The average Bonchev–Trinajstić information content (AvgIpc) is 2.70. The Bertz CT molecular complexity index is 201. The lowest BCUT2D eigenvalue weighted by Gasteiger charge is -2.15. The molecule has 3 heteroatoms. The van der Waals surface area contributed by atoms with Crippen molar-refractivity contribution in [3.63, 3.8) is 0 Å². The molecule has 0 aliphatic heterocycles. The molecule has 0 aromatic rings. The molecule has 12 heavy (non-hydrogen) atoms. The molecule has 2 aliphatic rings. The molecule has 0 heterocycles. The first-order valence-electron chi connectivity index (χ1n) is 4.61. The first-order chi connectivity index (χ1) is 5.45. The summed E-state index contributed by atoms with van der Waals surface area (Å²) in [5, 5.41) is 0. The van der Waals surface area contributed by atoms with Gasteiger partial charge in [0.25, 0.3) is 5.92 Å². The summed E-state index contributed by atoms with van der Waals surface area (Å²) in [6.07, 6.45) is 2.83. The Labute approximate surface area is 71.3 Å². The number of halogens is 2. The van der Waals surface area contributed by atoms with E-state index in [0.29, 0.717) is 18.3 Å². The minimum absolute atomic E-state index is 0.100. The van der Waals surface area contributed by atoms with Crippen molar-refractivity contribution in [2.75, 3.05) is 0 Å². The third-order valence-electron chi connectivity index (χ3n) is 3.25. The van der Waals surface area contributed by atoms with Crippen LogP contribution in [0.2, 0.25) is 0 Å². The Balaban J connectivity index is 1.87. The van der Waals surface area contributed by atoms with Gasteiger partial charge in [-0.25, -0.2) is 8.78 Å². The second-order valence-electron chi connectivity index (χ2n) is 4.56. The quantitative estimate of drug-likeness (QED) is 0.698. The van der Waals surface area contributed by atoms with E-state index in [0.717, 1.165) is 0 Å². The van der Waals surface area contributed by atoms with Crippen LogP contribution in [0.3, 0.4) is 0 Å². The zero-order chi connectivity index (χ0) is 8.98. The predicted molar refractivity (Wildman–Crippen MR) is 43.0 cm³/mol. The van der Waals surface area contributed by atoms with Crippen molar-refractivity contribution >= 4 is 0 Å². The minimum Gasteiger partial charge on any atom is -0.320 e. The molecule has 2 rings (SSSR count). The molecule has 0 saturated heterocycles. The van der Waals surface area contributed by atoms with Crippen LogP contribution in [0.25, 0.3) is 0 Å². The molecule has 2 saturated carbocycles. The monoisotopic (exact) mass is 175 g/mol. The van der Waals surface area contributed by atoms with Gasteiger partial charge in [0.15, 0.2) is 0 Å². The van der Waals surface area contributed by atoms with Crippen LogP contribution in [-0.4, -0.2) is 11.5 Å². The molecule has 2 atom stereocenters. The summed E-state index contributed by atoms with van der Waals surface area (Å²) in [6, 6.07) is 0. The van der Waals surface area contributed by atoms with Crippen LogP contribution in [0.15, 0.2) is 0 Å². The van der Waals surface area contributed by atoms with Crippen LogP contribution in [-0.2, 0) is 0 Å². The lowest BCUT2D eigenvalue weighted by Crippen LogP contribution is -2.32. The maximum atomic E-state index is 12.7. The third-order valence-corrected chi connectivity index (χ3v) is 3.25. The number of rotatable bonds is 3. The second kappa shape index (κ2) is 2.19. The zero-order valence-corrected chi connectivity index (χ0v) is 7.32. The summed E-state index contributed by atoms with van der Waals surface area (Å²) < 4.78 is 25.4. The summed E-state index contributed by atoms with van der Waals surface area (Å²) >= 11 is 0. The Kier molecular flexibility index (Phi) is 1.54. The van der Waals surface area contributed by atoms with Crippen LogP contribution in [0.1, 0.15) is 32.6 Å². The van der Waals surface area contributed by atoms with Gasteiger partial charge in [-0.05, 0) is 31.1 Å². The number of nitrogens with two attached hydrogens (primary N) is 1. The molecule has 2 fully saturated rings. The van der Waals surface area contributed by atoms with Gasteiger partial charge < -0.3 is 5.73 Å². The highest BCUT2D eigenvalue weighted by Gasteiger charge is 2.69.